The lowest BCUT2D eigenvalue weighted by molar-refractivity contribution is -0.122. The first kappa shape index (κ1) is 29.7. The highest BCUT2D eigenvalue weighted by Gasteiger charge is 2.50. The maximum atomic E-state index is 13.3. The van der Waals surface area contributed by atoms with Crippen LogP contribution >= 0.6 is 0 Å². The maximum Gasteiger partial charge on any atom is 0.338 e. The molecule has 3 atom stereocenters. The molecule has 0 aromatic heterocycles. The fourth-order valence-electron chi connectivity index (χ4n) is 5.70. The zero-order valence-electron chi connectivity index (χ0n) is 24.0. The third-order valence-electron chi connectivity index (χ3n) is 8.03. The third-order valence-corrected chi connectivity index (χ3v) is 8.03. The number of ether oxygens (including phenoxy) is 2. The molecule has 9 nitrogen and oxygen atoms in total. The SMILES string of the molecule is CCCCOC(=O)c1ccc(NC(=O)COC(=O)c2ccc(N3C(=O)[C@H]4C[C@@H](c5ccccc5)CC[C@H]4C3=O)cc2)cc1. The molecule has 1 saturated carbocycles. The molecule has 3 amide bonds. The number of rotatable bonds is 10. The van der Waals surface area contributed by atoms with Crippen molar-refractivity contribution in [3.05, 3.63) is 95.6 Å². The molecule has 3 aromatic carbocycles. The molecule has 5 rings (SSSR count). The maximum absolute atomic E-state index is 13.3. The summed E-state index contributed by atoms with van der Waals surface area (Å²) in [6.45, 7) is 1.84. The minimum atomic E-state index is -0.717. The number of imide groups is 1. The number of hydrogen-bond donors (Lipinski definition) is 1. The normalized spacial score (nSPS) is 19.5. The average Bonchev–Trinajstić information content (AvgIpc) is 3.29. The monoisotopic (exact) mass is 582 g/mol. The lowest BCUT2D eigenvalue weighted by Gasteiger charge is -2.28. The van der Waals surface area contributed by atoms with Gasteiger partial charge in [0.05, 0.1) is 35.3 Å². The van der Waals surface area contributed by atoms with Crippen molar-refractivity contribution in [2.75, 3.05) is 23.4 Å². The molecular weight excluding hydrogens is 548 g/mol. The smallest absolute Gasteiger partial charge is 0.338 e. The molecule has 43 heavy (non-hydrogen) atoms. The summed E-state index contributed by atoms with van der Waals surface area (Å²) >= 11 is 0. The summed E-state index contributed by atoms with van der Waals surface area (Å²) < 4.78 is 10.3. The van der Waals surface area contributed by atoms with E-state index in [2.05, 4.69) is 17.4 Å². The number of amides is 3. The van der Waals surface area contributed by atoms with Gasteiger partial charge in [0.2, 0.25) is 11.8 Å². The zero-order chi connectivity index (χ0) is 30.3. The molecule has 3 aromatic rings. The molecule has 9 heteroatoms. The molecule has 1 saturated heterocycles. The molecule has 1 aliphatic heterocycles. The largest absolute Gasteiger partial charge is 0.462 e. The van der Waals surface area contributed by atoms with Gasteiger partial charge in [-0.15, -0.1) is 0 Å². The van der Waals surface area contributed by atoms with Gasteiger partial charge in [-0.25, -0.2) is 9.59 Å². The highest BCUT2D eigenvalue weighted by molar-refractivity contribution is 6.22. The summed E-state index contributed by atoms with van der Waals surface area (Å²) in [5, 5.41) is 2.61. The van der Waals surface area contributed by atoms with Crippen molar-refractivity contribution < 1.29 is 33.4 Å². The van der Waals surface area contributed by atoms with Crippen LogP contribution in [0.5, 0.6) is 0 Å². The van der Waals surface area contributed by atoms with E-state index in [-0.39, 0.29) is 35.1 Å². The molecule has 2 aliphatic rings. The molecule has 0 unspecified atom stereocenters. The van der Waals surface area contributed by atoms with Gasteiger partial charge < -0.3 is 14.8 Å². The Hall–Kier alpha value is -4.79. The molecule has 1 heterocycles. The Morgan fingerprint density at radius 1 is 0.791 bits per heavy atom. The summed E-state index contributed by atoms with van der Waals surface area (Å²) in [6, 6.07) is 22.3. The summed E-state index contributed by atoms with van der Waals surface area (Å²) in [5.41, 5.74) is 2.59. The lowest BCUT2D eigenvalue weighted by atomic mass is 9.73. The van der Waals surface area contributed by atoms with Crippen LogP contribution < -0.4 is 10.2 Å². The third kappa shape index (κ3) is 6.83. The quantitative estimate of drug-likeness (QED) is 0.190. The second-order valence-corrected chi connectivity index (χ2v) is 10.9. The Bertz CT molecular complexity index is 1490. The first-order valence-electron chi connectivity index (χ1n) is 14.6. The molecule has 0 radical (unpaired) electrons. The highest BCUT2D eigenvalue weighted by atomic mass is 16.5. The standard InChI is InChI=1S/C34H34N2O7/c1-2-3-19-42-33(40)23-9-14-26(15-10-23)35-30(37)21-43-34(41)24-11-16-27(17-12-24)36-31(38)28-18-13-25(20-29(28)32(36)39)22-7-5-4-6-8-22/h4-12,14-17,25,28-29H,2-3,13,18-21H2,1H3,(H,35,37)/t25-,28+,29-/m0/s1. The van der Waals surface area contributed by atoms with Crippen LogP contribution in [0, 0.1) is 11.8 Å². The van der Waals surface area contributed by atoms with Crippen molar-refractivity contribution in [2.24, 2.45) is 11.8 Å². The van der Waals surface area contributed by atoms with Crippen LogP contribution in [0.1, 0.15) is 71.2 Å². The van der Waals surface area contributed by atoms with Crippen molar-refractivity contribution in [2.45, 2.75) is 44.9 Å². The van der Waals surface area contributed by atoms with E-state index < -0.39 is 24.5 Å². The fraction of sp³-hybridized carbons (Fsp3) is 0.324. The summed E-state index contributed by atoms with van der Waals surface area (Å²) in [5.74, 6) is -2.54. The van der Waals surface area contributed by atoms with Crippen molar-refractivity contribution in [1.29, 1.82) is 0 Å². The lowest BCUT2D eigenvalue weighted by Crippen LogP contribution is -2.30. The zero-order valence-corrected chi connectivity index (χ0v) is 24.0. The number of nitrogens with zero attached hydrogens (tertiary/aromatic N) is 1. The van der Waals surface area contributed by atoms with Crippen LogP contribution in [0.15, 0.2) is 78.9 Å². The van der Waals surface area contributed by atoms with Gasteiger partial charge in [0.25, 0.3) is 5.91 Å². The number of anilines is 2. The molecule has 1 N–H and O–H groups in total. The molecule has 0 bridgehead atoms. The van der Waals surface area contributed by atoms with Gasteiger partial charge >= 0.3 is 11.9 Å². The molecule has 0 spiro atoms. The van der Waals surface area contributed by atoms with Gasteiger partial charge in [-0.05, 0) is 85.7 Å². The summed E-state index contributed by atoms with van der Waals surface area (Å²) in [6.07, 6.45) is 3.87. The Morgan fingerprint density at radius 3 is 2.09 bits per heavy atom. The van der Waals surface area contributed by atoms with Crippen LogP contribution in [0.25, 0.3) is 0 Å². The first-order valence-corrected chi connectivity index (χ1v) is 14.6. The van der Waals surface area contributed by atoms with Gasteiger partial charge in [-0.3, -0.25) is 19.3 Å². The number of carbonyl (C=O) groups excluding carboxylic acids is 5. The van der Waals surface area contributed by atoms with Crippen LogP contribution in [0.3, 0.4) is 0 Å². The number of fused-ring (bicyclic) bond motifs is 1. The van der Waals surface area contributed by atoms with Crippen molar-refractivity contribution >= 4 is 41.0 Å². The number of unbranched alkanes of at least 4 members (excludes halogenated alkanes) is 1. The second kappa shape index (κ2) is 13.5. The minimum absolute atomic E-state index is 0.183. The predicted molar refractivity (Wildman–Crippen MR) is 159 cm³/mol. The van der Waals surface area contributed by atoms with E-state index in [1.54, 1.807) is 36.4 Å². The van der Waals surface area contributed by atoms with Gasteiger partial charge in [0.15, 0.2) is 6.61 Å². The van der Waals surface area contributed by atoms with E-state index in [0.717, 1.165) is 19.3 Å². The van der Waals surface area contributed by atoms with E-state index in [0.29, 0.717) is 36.4 Å². The number of carbonyl (C=O) groups is 5. The number of nitrogens with one attached hydrogen (secondary N) is 1. The predicted octanol–water partition coefficient (Wildman–Crippen LogP) is 5.51. The number of esters is 2. The van der Waals surface area contributed by atoms with Crippen molar-refractivity contribution in [3.63, 3.8) is 0 Å². The van der Waals surface area contributed by atoms with Gasteiger partial charge in [0, 0.05) is 5.69 Å². The van der Waals surface area contributed by atoms with Crippen molar-refractivity contribution in [1.82, 2.24) is 0 Å². The first-order chi connectivity index (χ1) is 20.9. The van der Waals surface area contributed by atoms with Gasteiger partial charge in [0.1, 0.15) is 0 Å². The van der Waals surface area contributed by atoms with Crippen LogP contribution in [0.4, 0.5) is 11.4 Å². The highest BCUT2D eigenvalue weighted by Crippen LogP contribution is 2.45. The Morgan fingerprint density at radius 2 is 1.42 bits per heavy atom. The topological polar surface area (TPSA) is 119 Å². The molecule has 2 fully saturated rings. The Kier molecular flexibility index (Phi) is 9.29. The molecular formula is C34H34N2O7. The second-order valence-electron chi connectivity index (χ2n) is 10.9. The van der Waals surface area contributed by atoms with Crippen LogP contribution in [-0.4, -0.2) is 42.9 Å². The fourth-order valence-corrected chi connectivity index (χ4v) is 5.70. The average molecular weight is 583 g/mol. The van der Waals surface area contributed by atoms with E-state index in [4.69, 9.17) is 9.47 Å². The summed E-state index contributed by atoms with van der Waals surface area (Å²) in [7, 11) is 0. The van der Waals surface area contributed by atoms with Crippen molar-refractivity contribution in [3.8, 4) is 0 Å². The minimum Gasteiger partial charge on any atom is -0.462 e. The van der Waals surface area contributed by atoms with E-state index in [1.165, 1.54) is 22.6 Å². The van der Waals surface area contributed by atoms with E-state index in [1.807, 2.05) is 25.1 Å². The van der Waals surface area contributed by atoms with Crippen LogP contribution in [-0.2, 0) is 23.9 Å². The number of hydrogen-bond acceptors (Lipinski definition) is 7. The Balaban J connectivity index is 1.12. The van der Waals surface area contributed by atoms with Gasteiger partial charge in [-0.1, -0.05) is 43.7 Å². The number of benzene rings is 3. The Labute approximate surface area is 250 Å². The molecule has 222 valence electrons. The van der Waals surface area contributed by atoms with E-state index in [9.17, 15) is 24.0 Å². The molecule has 1 aliphatic carbocycles. The van der Waals surface area contributed by atoms with Crippen LogP contribution in [0.2, 0.25) is 0 Å². The summed E-state index contributed by atoms with van der Waals surface area (Å²) in [4.78, 5) is 64.6. The van der Waals surface area contributed by atoms with Gasteiger partial charge in [-0.2, -0.15) is 0 Å². The van der Waals surface area contributed by atoms with E-state index >= 15 is 0 Å².